The number of likely N-dealkylation sites (tertiary alicyclic amines) is 2. The highest BCUT2D eigenvalue weighted by Crippen LogP contribution is 2.50. The average molecular weight is 434 g/mol. The Morgan fingerprint density at radius 3 is 2.84 bits per heavy atom. The van der Waals surface area contributed by atoms with Gasteiger partial charge in [0.1, 0.15) is 0 Å². The molecule has 0 aliphatic carbocycles. The van der Waals surface area contributed by atoms with Gasteiger partial charge in [0.2, 0.25) is 5.91 Å². The zero-order valence-corrected chi connectivity index (χ0v) is 18.9. The minimum Gasteiger partial charge on any atom is -0.472 e. The maximum Gasteiger partial charge on any atom is 0.231 e. The Kier molecular flexibility index (Phi) is 5.59. The van der Waals surface area contributed by atoms with Gasteiger partial charge in [-0.3, -0.25) is 19.4 Å². The number of aromatic nitrogens is 3. The van der Waals surface area contributed by atoms with Crippen LogP contribution in [0.2, 0.25) is 0 Å². The van der Waals surface area contributed by atoms with Crippen molar-refractivity contribution in [3.63, 3.8) is 0 Å². The van der Waals surface area contributed by atoms with Crippen LogP contribution in [-0.2, 0) is 17.9 Å². The number of nitrogens with zero attached hydrogens (tertiary/aromatic N) is 5. The molecule has 168 valence electrons. The number of carbonyl (C=O) groups excluding carboxylic acids is 1. The molecule has 2 atom stereocenters. The second kappa shape index (κ2) is 8.54. The number of carbonyl (C=O) groups is 1. The number of furan rings is 1. The van der Waals surface area contributed by atoms with Gasteiger partial charge in [0, 0.05) is 74.5 Å². The van der Waals surface area contributed by atoms with Crippen molar-refractivity contribution in [1.29, 1.82) is 0 Å². The molecule has 7 nitrogen and oxygen atoms in total. The molecular weight excluding hydrogens is 402 g/mol. The molecule has 1 amide bonds. The molecule has 0 saturated carbocycles. The standard InChI is InChI=1S/C25H31N5O2/c1-19(2)30-23(6-10-27-30)22-16-28(14-21-7-12-32-17-21)18-25(22)8-4-11-29(24(25)31)15-20-5-3-9-26-13-20/h3,5-7,9-10,12-13,17,19,22H,4,8,11,14-16,18H2,1-2H3/t22?,25-/m1/s1. The highest BCUT2D eigenvalue weighted by atomic mass is 16.3. The molecule has 2 aliphatic rings. The van der Waals surface area contributed by atoms with Crippen molar-refractivity contribution in [2.24, 2.45) is 5.41 Å². The van der Waals surface area contributed by atoms with E-state index in [4.69, 9.17) is 4.42 Å². The molecule has 0 bridgehead atoms. The summed E-state index contributed by atoms with van der Waals surface area (Å²) < 4.78 is 7.39. The molecule has 1 spiro atoms. The normalized spacial score (nSPS) is 24.2. The van der Waals surface area contributed by atoms with Gasteiger partial charge in [-0.2, -0.15) is 5.10 Å². The van der Waals surface area contributed by atoms with Gasteiger partial charge in [-0.25, -0.2) is 0 Å². The van der Waals surface area contributed by atoms with E-state index in [-0.39, 0.29) is 17.9 Å². The van der Waals surface area contributed by atoms with E-state index in [9.17, 15) is 4.79 Å². The van der Waals surface area contributed by atoms with Crippen LogP contribution in [0.25, 0.3) is 0 Å². The molecule has 5 rings (SSSR count). The third-order valence-corrected chi connectivity index (χ3v) is 7.01. The highest BCUT2D eigenvalue weighted by Gasteiger charge is 2.56. The van der Waals surface area contributed by atoms with Gasteiger partial charge in [-0.15, -0.1) is 0 Å². The predicted octanol–water partition coefficient (Wildman–Crippen LogP) is 3.86. The molecule has 32 heavy (non-hydrogen) atoms. The second-order valence-electron chi connectivity index (χ2n) is 9.50. The maximum atomic E-state index is 14.1. The summed E-state index contributed by atoms with van der Waals surface area (Å²) in [6, 6.07) is 8.36. The summed E-state index contributed by atoms with van der Waals surface area (Å²) in [4.78, 5) is 22.8. The fraction of sp³-hybridized carbons (Fsp3) is 0.480. The number of rotatable bonds is 6. The number of hydrogen-bond donors (Lipinski definition) is 0. The van der Waals surface area contributed by atoms with Gasteiger partial charge in [-0.05, 0) is 50.5 Å². The minimum atomic E-state index is -0.434. The molecule has 7 heteroatoms. The second-order valence-corrected chi connectivity index (χ2v) is 9.50. The van der Waals surface area contributed by atoms with Gasteiger partial charge in [-0.1, -0.05) is 6.07 Å². The van der Waals surface area contributed by atoms with Crippen LogP contribution in [0, 0.1) is 5.41 Å². The molecule has 2 aliphatic heterocycles. The molecule has 0 radical (unpaired) electrons. The predicted molar refractivity (Wildman–Crippen MR) is 121 cm³/mol. The molecule has 3 aromatic heterocycles. The average Bonchev–Trinajstić information content (AvgIpc) is 3.53. The Labute approximate surface area is 189 Å². The van der Waals surface area contributed by atoms with E-state index >= 15 is 0 Å². The first-order valence-electron chi connectivity index (χ1n) is 11.5. The number of pyridine rings is 1. The van der Waals surface area contributed by atoms with Crippen molar-refractivity contribution < 1.29 is 9.21 Å². The van der Waals surface area contributed by atoms with Crippen molar-refractivity contribution in [1.82, 2.24) is 24.6 Å². The van der Waals surface area contributed by atoms with Crippen LogP contribution < -0.4 is 0 Å². The number of piperidine rings is 1. The molecule has 5 heterocycles. The summed E-state index contributed by atoms with van der Waals surface area (Å²) in [7, 11) is 0. The fourth-order valence-electron chi connectivity index (χ4n) is 5.62. The summed E-state index contributed by atoms with van der Waals surface area (Å²) in [5.74, 6) is 0.382. The van der Waals surface area contributed by atoms with Crippen LogP contribution in [0.3, 0.4) is 0 Å². The first-order chi connectivity index (χ1) is 15.6. The van der Waals surface area contributed by atoms with Crippen LogP contribution in [0.1, 0.15) is 55.5 Å². The van der Waals surface area contributed by atoms with Crippen LogP contribution in [0.15, 0.2) is 59.8 Å². The van der Waals surface area contributed by atoms with E-state index in [1.165, 1.54) is 5.69 Å². The lowest BCUT2D eigenvalue weighted by Crippen LogP contribution is -2.52. The van der Waals surface area contributed by atoms with Crippen LogP contribution in [0.5, 0.6) is 0 Å². The molecule has 2 fully saturated rings. The Hall–Kier alpha value is -2.93. The highest BCUT2D eigenvalue weighted by molar-refractivity contribution is 5.85. The van der Waals surface area contributed by atoms with Gasteiger partial charge >= 0.3 is 0 Å². The van der Waals surface area contributed by atoms with E-state index in [1.54, 1.807) is 18.7 Å². The van der Waals surface area contributed by atoms with E-state index < -0.39 is 5.41 Å². The third kappa shape index (κ3) is 3.75. The summed E-state index contributed by atoms with van der Waals surface area (Å²) in [5.41, 5.74) is 2.96. The molecule has 1 unspecified atom stereocenters. The third-order valence-electron chi connectivity index (χ3n) is 7.01. The van der Waals surface area contributed by atoms with Crippen LogP contribution in [0.4, 0.5) is 0 Å². The Morgan fingerprint density at radius 2 is 2.09 bits per heavy atom. The first kappa shape index (κ1) is 20.9. The smallest absolute Gasteiger partial charge is 0.231 e. The Morgan fingerprint density at radius 1 is 1.19 bits per heavy atom. The molecule has 3 aromatic rings. The Bertz CT molecular complexity index is 1050. The minimum absolute atomic E-state index is 0.114. The SMILES string of the molecule is CC(C)n1nccc1C1CN(Cc2ccoc2)C[C@]12CCCN(Cc1cccnc1)C2=O. The zero-order chi connectivity index (χ0) is 22.1. The van der Waals surface area contributed by atoms with E-state index in [0.717, 1.165) is 50.1 Å². The van der Waals surface area contributed by atoms with Gasteiger partial charge in [0.15, 0.2) is 0 Å². The molecule has 0 aromatic carbocycles. The van der Waals surface area contributed by atoms with Gasteiger partial charge in [0.05, 0.1) is 17.9 Å². The van der Waals surface area contributed by atoms with Crippen molar-refractivity contribution in [3.8, 4) is 0 Å². The van der Waals surface area contributed by atoms with E-state index in [2.05, 4.69) is 39.6 Å². The quantitative estimate of drug-likeness (QED) is 0.591. The van der Waals surface area contributed by atoms with Crippen molar-refractivity contribution >= 4 is 5.91 Å². The summed E-state index contributed by atoms with van der Waals surface area (Å²) in [5, 5.41) is 4.60. The maximum absolute atomic E-state index is 14.1. The van der Waals surface area contributed by atoms with Crippen molar-refractivity contribution in [2.75, 3.05) is 19.6 Å². The monoisotopic (exact) mass is 433 g/mol. The largest absolute Gasteiger partial charge is 0.472 e. The molecule has 0 N–H and O–H groups in total. The van der Waals surface area contributed by atoms with E-state index in [0.29, 0.717) is 6.54 Å². The summed E-state index contributed by atoms with van der Waals surface area (Å²) in [6.07, 6.45) is 11.0. The van der Waals surface area contributed by atoms with Crippen LogP contribution >= 0.6 is 0 Å². The van der Waals surface area contributed by atoms with Crippen molar-refractivity contribution in [2.45, 2.75) is 51.7 Å². The van der Waals surface area contributed by atoms with Crippen molar-refractivity contribution in [3.05, 3.63) is 72.2 Å². The molecular formula is C25H31N5O2. The lowest BCUT2D eigenvalue weighted by Gasteiger charge is -2.42. The summed E-state index contributed by atoms with van der Waals surface area (Å²) in [6.45, 7) is 8.11. The number of amides is 1. The zero-order valence-electron chi connectivity index (χ0n) is 18.9. The Balaban J connectivity index is 1.48. The lowest BCUT2D eigenvalue weighted by atomic mass is 9.70. The van der Waals surface area contributed by atoms with E-state index in [1.807, 2.05) is 35.5 Å². The van der Waals surface area contributed by atoms with Crippen LogP contribution in [-0.4, -0.2) is 50.1 Å². The number of hydrogen-bond acceptors (Lipinski definition) is 5. The fourth-order valence-corrected chi connectivity index (χ4v) is 5.62. The van der Waals surface area contributed by atoms with Gasteiger partial charge < -0.3 is 9.32 Å². The first-order valence-corrected chi connectivity index (χ1v) is 11.5. The summed E-state index contributed by atoms with van der Waals surface area (Å²) >= 11 is 0. The molecule has 2 saturated heterocycles. The van der Waals surface area contributed by atoms with Gasteiger partial charge in [0.25, 0.3) is 0 Å². The lowest BCUT2D eigenvalue weighted by molar-refractivity contribution is -0.147. The topological polar surface area (TPSA) is 67.4 Å².